The van der Waals surface area contributed by atoms with Crippen LogP contribution in [-0.4, -0.2) is 23.3 Å². The van der Waals surface area contributed by atoms with Crippen LogP contribution in [-0.2, 0) is 9.53 Å². The summed E-state index contributed by atoms with van der Waals surface area (Å²) in [7, 11) is 0. The Labute approximate surface area is 119 Å². The maximum atomic E-state index is 11.4. The van der Waals surface area contributed by atoms with Crippen LogP contribution in [0.4, 0.5) is 0 Å². The largest absolute Gasteiger partial charge is 0.400 e. The van der Waals surface area contributed by atoms with Gasteiger partial charge in [0.2, 0.25) is 0 Å². The molecule has 0 saturated carbocycles. The zero-order chi connectivity index (χ0) is 15.0. The summed E-state index contributed by atoms with van der Waals surface area (Å²) in [6, 6.07) is 0. The van der Waals surface area contributed by atoms with Gasteiger partial charge in [0.1, 0.15) is 6.10 Å². The van der Waals surface area contributed by atoms with Crippen molar-refractivity contribution in [1.29, 1.82) is 0 Å². The third kappa shape index (κ3) is 7.68. The van der Waals surface area contributed by atoms with Gasteiger partial charge in [0, 0.05) is 18.5 Å². The molecule has 0 aliphatic rings. The highest BCUT2D eigenvalue weighted by Gasteiger charge is 2.17. The molecule has 0 radical (unpaired) electrons. The van der Waals surface area contributed by atoms with Crippen molar-refractivity contribution >= 4 is 17.4 Å². The van der Waals surface area contributed by atoms with Crippen molar-refractivity contribution in [1.82, 2.24) is 0 Å². The average molecular weight is 286 g/mol. The third-order valence-corrected chi connectivity index (χ3v) is 2.65. The van der Waals surface area contributed by atoms with Crippen molar-refractivity contribution < 1.29 is 14.6 Å². The molecule has 4 nitrogen and oxygen atoms in total. The molecule has 1 unspecified atom stereocenters. The van der Waals surface area contributed by atoms with Gasteiger partial charge in [-0.1, -0.05) is 17.2 Å². The van der Waals surface area contributed by atoms with Gasteiger partial charge in [-0.25, -0.2) is 0 Å². The first-order chi connectivity index (χ1) is 8.77. The zero-order valence-electron chi connectivity index (χ0n) is 11.4. The van der Waals surface area contributed by atoms with E-state index in [0.29, 0.717) is 17.2 Å². The molecule has 0 rings (SSSR count). The van der Waals surface area contributed by atoms with Crippen LogP contribution in [0.3, 0.4) is 0 Å². The number of allylic oxidation sites excluding steroid dienone is 3. The summed E-state index contributed by atoms with van der Waals surface area (Å²) in [5.74, 6) is 2.24. The van der Waals surface area contributed by atoms with Gasteiger partial charge < -0.3 is 15.6 Å². The molecule has 0 saturated heterocycles. The third-order valence-electron chi connectivity index (χ3n) is 2.29. The molecule has 0 fully saturated rings. The molecular weight excluding hydrogens is 266 g/mol. The maximum absolute atomic E-state index is 11.4. The van der Waals surface area contributed by atoms with Gasteiger partial charge in [-0.2, -0.15) is 0 Å². The summed E-state index contributed by atoms with van der Waals surface area (Å²) in [6.07, 6.45) is 5.69. The minimum absolute atomic E-state index is 0.162. The van der Waals surface area contributed by atoms with Gasteiger partial charge in [-0.15, -0.1) is 12.3 Å². The van der Waals surface area contributed by atoms with Crippen molar-refractivity contribution in [3.05, 3.63) is 22.4 Å². The molecule has 2 atom stereocenters. The number of nitrogens with two attached hydrogens (primary N) is 1. The van der Waals surface area contributed by atoms with Crippen LogP contribution in [0.15, 0.2) is 22.4 Å². The highest BCUT2D eigenvalue weighted by atomic mass is 35.5. The van der Waals surface area contributed by atoms with Crippen LogP contribution in [0.25, 0.3) is 0 Å². The van der Waals surface area contributed by atoms with Crippen LogP contribution in [0, 0.1) is 12.3 Å². The first-order valence-electron chi connectivity index (χ1n) is 5.86. The van der Waals surface area contributed by atoms with Crippen LogP contribution < -0.4 is 5.73 Å². The van der Waals surface area contributed by atoms with E-state index in [1.807, 2.05) is 0 Å². The predicted octanol–water partition coefficient (Wildman–Crippen LogP) is 2.07. The van der Waals surface area contributed by atoms with E-state index in [2.05, 4.69) is 5.92 Å². The molecule has 106 valence electrons. The van der Waals surface area contributed by atoms with Crippen molar-refractivity contribution in [3.63, 3.8) is 0 Å². The highest BCUT2D eigenvalue weighted by molar-refractivity contribution is 6.31. The summed E-state index contributed by atoms with van der Waals surface area (Å²) < 4.78 is 5.11. The maximum Gasteiger partial charge on any atom is 0.158 e. The van der Waals surface area contributed by atoms with Gasteiger partial charge in [0.05, 0.1) is 5.03 Å². The quantitative estimate of drug-likeness (QED) is 0.427. The van der Waals surface area contributed by atoms with Crippen LogP contribution in [0.5, 0.6) is 0 Å². The van der Waals surface area contributed by atoms with Crippen LogP contribution in [0.1, 0.15) is 33.6 Å². The first-order valence-corrected chi connectivity index (χ1v) is 6.24. The van der Waals surface area contributed by atoms with Crippen molar-refractivity contribution in [2.24, 2.45) is 5.73 Å². The first kappa shape index (κ1) is 17.7. The normalized spacial score (nSPS) is 16.3. The Morgan fingerprint density at radius 2 is 2.16 bits per heavy atom. The van der Waals surface area contributed by atoms with E-state index in [9.17, 15) is 4.79 Å². The summed E-state index contributed by atoms with van der Waals surface area (Å²) in [4.78, 5) is 11.4. The lowest BCUT2D eigenvalue weighted by Crippen LogP contribution is -2.26. The minimum Gasteiger partial charge on any atom is -0.400 e. The lowest BCUT2D eigenvalue weighted by molar-refractivity contribution is -0.152. The Kier molecular flexibility index (Phi) is 8.17. The van der Waals surface area contributed by atoms with Crippen LogP contribution >= 0.6 is 11.6 Å². The Morgan fingerprint density at radius 1 is 1.58 bits per heavy atom. The minimum atomic E-state index is -1.00. The van der Waals surface area contributed by atoms with E-state index in [0.717, 1.165) is 5.57 Å². The Bertz CT molecular complexity index is 419. The molecule has 0 aromatic carbocycles. The standard InChI is InChI=1S/C14H20ClNO3/c1-5-6-13(16)12(15)7-9(2)8-14(10(3)17)19-11(4)18/h1,7,11,14,18H,6,8,16H2,2-4H3/b9-7+,13-12-/t11?,14-/m1/s1. The van der Waals surface area contributed by atoms with Gasteiger partial charge in [0.25, 0.3) is 0 Å². The van der Waals surface area contributed by atoms with Crippen molar-refractivity contribution in [3.8, 4) is 12.3 Å². The highest BCUT2D eigenvalue weighted by Crippen LogP contribution is 2.17. The number of ether oxygens (including phenoxy) is 1. The number of rotatable bonds is 7. The molecular formula is C14H20ClNO3. The lowest BCUT2D eigenvalue weighted by atomic mass is 10.1. The molecule has 0 heterocycles. The number of aliphatic hydroxyl groups is 1. The van der Waals surface area contributed by atoms with E-state index >= 15 is 0 Å². The number of halogens is 1. The van der Waals surface area contributed by atoms with Crippen molar-refractivity contribution in [2.75, 3.05) is 0 Å². The van der Waals surface area contributed by atoms with E-state index in [-0.39, 0.29) is 12.2 Å². The second-order valence-electron chi connectivity index (χ2n) is 4.28. The molecule has 0 aromatic heterocycles. The number of carbonyl (C=O) groups excluding carboxylic acids is 1. The molecule has 0 amide bonds. The smallest absolute Gasteiger partial charge is 0.158 e. The number of Topliss-reactive ketones (excluding diaryl/α,β-unsaturated/α-hetero) is 1. The number of aliphatic hydroxyl groups excluding tert-OH is 1. The SMILES string of the molecule is C#CC/C(N)=C(Cl)\C=C(/C)C[C@@H](OC(C)O)C(C)=O. The Balaban J connectivity index is 4.82. The molecule has 0 bridgehead atoms. The molecule has 5 heteroatoms. The number of hydrogen-bond donors (Lipinski definition) is 2. The molecule has 0 spiro atoms. The fourth-order valence-electron chi connectivity index (χ4n) is 1.38. The van der Waals surface area contributed by atoms with Gasteiger partial charge >= 0.3 is 0 Å². The summed E-state index contributed by atoms with van der Waals surface area (Å²) in [5.41, 5.74) is 6.88. The Hall–Kier alpha value is -1.28. The molecule has 3 N–H and O–H groups in total. The number of hydrogen-bond acceptors (Lipinski definition) is 4. The number of carbonyl (C=O) groups is 1. The summed E-state index contributed by atoms with van der Waals surface area (Å²) >= 11 is 5.98. The number of terminal acetylenes is 1. The topological polar surface area (TPSA) is 72.6 Å². The van der Waals surface area contributed by atoms with Crippen molar-refractivity contribution in [2.45, 2.75) is 46.0 Å². The summed E-state index contributed by atoms with van der Waals surface area (Å²) in [5, 5.41) is 9.51. The zero-order valence-corrected chi connectivity index (χ0v) is 12.2. The molecule has 0 aliphatic carbocycles. The lowest BCUT2D eigenvalue weighted by Gasteiger charge is -2.17. The fraction of sp³-hybridized carbons (Fsp3) is 0.500. The average Bonchev–Trinajstić information content (AvgIpc) is 2.27. The van der Waals surface area contributed by atoms with Gasteiger partial charge in [0.15, 0.2) is 12.1 Å². The second kappa shape index (κ2) is 8.76. The molecule has 0 aromatic rings. The van der Waals surface area contributed by atoms with E-state index in [1.54, 1.807) is 13.0 Å². The monoisotopic (exact) mass is 285 g/mol. The molecule has 0 aliphatic heterocycles. The fourth-order valence-corrected chi connectivity index (χ4v) is 1.63. The predicted molar refractivity (Wildman–Crippen MR) is 76.1 cm³/mol. The van der Waals surface area contributed by atoms with Gasteiger partial charge in [-0.05, 0) is 26.8 Å². The van der Waals surface area contributed by atoms with E-state index in [1.165, 1.54) is 13.8 Å². The van der Waals surface area contributed by atoms with Gasteiger partial charge in [-0.3, -0.25) is 4.79 Å². The number of ketones is 1. The summed E-state index contributed by atoms with van der Waals surface area (Å²) in [6.45, 7) is 4.66. The van der Waals surface area contributed by atoms with E-state index < -0.39 is 12.4 Å². The van der Waals surface area contributed by atoms with E-state index in [4.69, 9.17) is 33.6 Å². The molecule has 19 heavy (non-hydrogen) atoms. The second-order valence-corrected chi connectivity index (χ2v) is 4.69. The van der Waals surface area contributed by atoms with Crippen LogP contribution in [0.2, 0.25) is 0 Å². The Morgan fingerprint density at radius 3 is 2.58 bits per heavy atom.